The fraction of sp³-hybridized carbons (Fsp3) is 0.0833. The Morgan fingerprint density at radius 3 is 2.90 bits per heavy atom. The van der Waals surface area contributed by atoms with Gasteiger partial charge in [-0.25, -0.2) is 22.9 Å². The number of benzene rings is 1. The number of aromatic carboxylic acids is 1. The van der Waals surface area contributed by atoms with Crippen LogP contribution in [0.15, 0.2) is 34.0 Å². The average molecular weight is 323 g/mol. The van der Waals surface area contributed by atoms with Crippen LogP contribution in [0.2, 0.25) is 0 Å². The molecule has 2 rings (SSSR count). The Kier molecular flexibility index (Phi) is 4.32. The van der Waals surface area contributed by atoms with E-state index < -0.39 is 21.7 Å². The molecule has 0 aliphatic carbocycles. The van der Waals surface area contributed by atoms with E-state index in [0.29, 0.717) is 11.1 Å². The summed E-state index contributed by atoms with van der Waals surface area (Å²) >= 11 is 0.733. The van der Waals surface area contributed by atoms with Crippen LogP contribution in [0, 0.1) is 11.3 Å². The highest BCUT2D eigenvalue weighted by molar-refractivity contribution is 7.91. The van der Waals surface area contributed by atoms with E-state index in [2.05, 4.69) is 9.71 Å². The number of nitrogens with one attached hydrogen (secondary N) is 1. The molecule has 0 spiro atoms. The minimum atomic E-state index is -3.97. The summed E-state index contributed by atoms with van der Waals surface area (Å²) in [6.07, 6.45) is 0. The zero-order chi connectivity index (χ0) is 15.5. The van der Waals surface area contributed by atoms with Crippen LogP contribution in [-0.4, -0.2) is 24.5 Å². The van der Waals surface area contributed by atoms with Crippen LogP contribution in [-0.2, 0) is 16.6 Å². The van der Waals surface area contributed by atoms with Crippen molar-refractivity contribution in [3.05, 3.63) is 46.6 Å². The third-order valence-electron chi connectivity index (χ3n) is 2.50. The number of thiazole rings is 1. The van der Waals surface area contributed by atoms with Crippen molar-refractivity contribution in [1.29, 1.82) is 5.26 Å². The molecular weight excluding hydrogens is 314 g/mol. The quantitative estimate of drug-likeness (QED) is 0.852. The second kappa shape index (κ2) is 6.01. The molecule has 0 amide bonds. The topological polar surface area (TPSA) is 120 Å². The Morgan fingerprint density at radius 2 is 2.24 bits per heavy atom. The fourth-order valence-corrected chi connectivity index (χ4v) is 3.76. The number of hydrogen-bond donors (Lipinski definition) is 2. The molecule has 0 bridgehead atoms. The van der Waals surface area contributed by atoms with Crippen molar-refractivity contribution in [2.75, 3.05) is 0 Å². The Hall–Kier alpha value is -2.28. The van der Waals surface area contributed by atoms with E-state index in [0.717, 1.165) is 16.8 Å². The van der Waals surface area contributed by atoms with Gasteiger partial charge < -0.3 is 5.11 Å². The Balaban J connectivity index is 2.20. The van der Waals surface area contributed by atoms with Crippen LogP contribution in [0.25, 0.3) is 0 Å². The third kappa shape index (κ3) is 3.43. The monoisotopic (exact) mass is 323 g/mol. The van der Waals surface area contributed by atoms with Crippen LogP contribution in [0.3, 0.4) is 0 Å². The Labute approximate surface area is 124 Å². The van der Waals surface area contributed by atoms with Crippen molar-refractivity contribution < 1.29 is 18.3 Å². The smallest absolute Gasteiger partial charge is 0.356 e. The maximum Gasteiger partial charge on any atom is 0.356 e. The number of hydrogen-bond acceptors (Lipinski definition) is 6. The molecule has 2 N–H and O–H groups in total. The van der Waals surface area contributed by atoms with Gasteiger partial charge in [-0.05, 0) is 17.7 Å². The molecule has 1 aromatic carbocycles. The molecule has 1 heterocycles. The summed E-state index contributed by atoms with van der Waals surface area (Å²) in [5.74, 6) is -1.40. The molecule has 0 saturated carbocycles. The summed E-state index contributed by atoms with van der Waals surface area (Å²) in [7, 11) is -3.97. The fourth-order valence-electron chi connectivity index (χ4n) is 1.56. The van der Waals surface area contributed by atoms with E-state index >= 15 is 0 Å². The highest BCUT2D eigenvalue weighted by Crippen LogP contribution is 2.20. The van der Waals surface area contributed by atoms with Crippen LogP contribution < -0.4 is 4.72 Å². The average Bonchev–Trinajstić information content (AvgIpc) is 2.96. The molecule has 0 aliphatic heterocycles. The zero-order valence-electron chi connectivity index (χ0n) is 10.5. The SMILES string of the molecule is N#Cc1cccc(CNS(=O)(=O)c2scnc2C(=O)O)c1. The lowest BCUT2D eigenvalue weighted by atomic mass is 10.1. The number of carboxylic acids is 1. The van der Waals surface area contributed by atoms with Crippen LogP contribution in [0.4, 0.5) is 0 Å². The van der Waals surface area contributed by atoms with Crippen molar-refractivity contribution in [3.63, 3.8) is 0 Å². The van der Waals surface area contributed by atoms with Gasteiger partial charge in [0.15, 0.2) is 9.90 Å². The molecule has 0 radical (unpaired) electrons. The van der Waals surface area contributed by atoms with Gasteiger partial charge in [-0.15, -0.1) is 11.3 Å². The number of nitriles is 1. The molecule has 9 heteroatoms. The van der Waals surface area contributed by atoms with Crippen molar-refractivity contribution in [3.8, 4) is 6.07 Å². The second-order valence-electron chi connectivity index (χ2n) is 3.93. The Morgan fingerprint density at radius 1 is 1.48 bits per heavy atom. The van der Waals surface area contributed by atoms with Gasteiger partial charge in [0, 0.05) is 6.54 Å². The first kappa shape index (κ1) is 15.1. The summed E-state index contributed by atoms with van der Waals surface area (Å²) in [6, 6.07) is 8.40. The highest BCUT2D eigenvalue weighted by Gasteiger charge is 2.25. The molecule has 7 nitrogen and oxygen atoms in total. The van der Waals surface area contributed by atoms with Crippen molar-refractivity contribution in [1.82, 2.24) is 9.71 Å². The molecule has 0 unspecified atom stereocenters. The first-order chi connectivity index (χ1) is 9.94. The maximum absolute atomic E-state index is 12.1. The lowest BCUT2D eigenvalue weighted by molar-refractivity contribution is 0.0687. The lowest BCUT2D eigenvalue weighted by Gasteiger charge is -2.05. The molecule has 0 saturated heterocycles. The van der Waals surface area contributed by atoms with Gasteiger partial charge in [0.25, 0.3) is 10.0 Å². The summed E-state index contributed by atoms with van der Waals surface area (Å²) in [5.41, 5.74) is 1.67. The number of nitrogens with zero attached hydrogens (tertiary/aromatic N) is 2. The first-order valence-electron chi connectivity index (χ1n) is 5.59. The van der Waals surface area contributed by atoms with Crippen molar-refractivity contribution in [2.45, 2.75) is 10.8 Å². The minimum absolute atomic E-state index is 0.0468. The van der Waals surface area contributed by atoms with E-state index in [1.165, 1.54) is 0 Å². The van der Waals surface area contributed by atoms with E-state index in [1.807, 2.05) is 6.07 Å². The van der Waals surface area contributed by atoms with Crippen LogP contribution >= 0.6 is 11.3 Å². The van der Waals surface area contributed by atoms with Gasteiger partial charge in [0.2, 0.25) is 0 Å². The summed E-state index contributed by atoms with van der Waals surface area (Å²) in [5, 5.41) is 17.7. The predicted octanol–water partition coefficient (Wildman–Crippen LogP) is 1.19. The van der Waals surface area contributed by atoms with E-state index in [1.54, 1.807) is 24.3 Å². The summed E-state index contributed by atoms with van der Waals surface area (Å²) in [4.78, 5) is 14.4. The summed E-state index contributed by atoms with van der Waals surface area (Å²) < 4.78 is 26.1. The second-order valence-corrected chi connectivity index (χ2v) is 6.75. The van der Waals surface area contributed by atoms with Gasteiger partial charge in [-0.1, -0.05) is 12.1 Å². The van der Waals surface area contributed by atoms with Crippen molar-refractivity contribution >= 4 is 27.3 Å². The standard InChI is InChI=1S/C12H9N3O4S2/c13-5-8-2-1-3-9(4-8)6-15-21(18,19)12-10(11(16)17)14-7-20-12/h1-4,7,15H,6H2,(H,16,17). The molecule has 21 heavy (non-hydrogen) atoms. The largest absolute Gasteiger partial charge is 0.476 e. The highest BCUT2D eigenvalue weighted by atomic mass is 32.2. The first-order valence-corrected chi connectivity index (χ1v) is 7.96. The van der Waals surface area contributed by atoms with Gasteiger partial charge in [-0.3, -0.25) is 0 Å². The van der Waals surface area contributed by atoms with Crippen LogP contribution in [0.5, 0.6) is 0 Å². The number of carbonyl (C=O) groups is 1. The minimum Gasteiger partial charge on any atom is -0.476 e. The normalized spacial score (nSPS) is 11.0. The zero-order valence-corrected chi connectivity index (χ0v) is 12.1. The van der Waals surface area contributed by atoms with E-state index in [-0.39, 0.29) is 10.8 Å². The van der Waals surface area contributed by atoms with Gasteiger partial charge in [0.05, 0.1) is 17.1 Å². The number of sulfonamides is 1. The maximum atomic E-state index is 12.1. The molecular formula is C12H9N3O4S2. The molecule has 108 valence electrons. The van der Waals surface area contributed by atoms with Crippen LogP contribution in [0.1, 0.15) is 21.6 Å². The molecule has 2 aromatic rings. The molecule has 0 fully saturated rings. The predicted molar refractivity (Wildman–Crippen MR) is 74.3 cm³/mol. The van der Waals surface area contributed by atoms with Crippen molar-refractivity contribution in [2.24, 2.45) is 0 Å². The van der Waals surface area contributed by atoms with Gasteiger partial charge in [-0.2, -0.15) is 5.26 Å². The lowest BCUT2D eigenvalue weighted by Crippen LogP contribution is -2.24. The third-order valence-corrected chi connectivity index (χ3v) is 5.27. The number of carboxylic acid groups (broad SMARTS) is 1. The van der Waals surface area contributed by atoms with E-state index in [4.69, 9.17) is 10.4 Å². The molecule has 1 aromatic heterocycles. The summed E-state index contributed by atoms with van der Waals surface area (Å²) in [6.45, 7) is -0.0468. The Bertz CT molecular complexity index is 821. The molecule has 0 aliphatic rings. The van der Waals surface area contributed by atoms with Gasteiger partial charge in [0.1, 0.15) is 0 Å². The number of rotatable bonds is 5. The van der Waals surface area contributed by atoms with E-state index in [9.17, 15) is 13.2 Å². The molecule has 0 atom stereocenters. The van der Waals surface area contributed by atoms with Gasteiger partial charge >= 0.3 is 5.97 Å². The number of aromatic nitrogens is 1.